The molecule has 1 heterocycles. The lowest BCUT2D eigenvalue weighted by molar-refractivity contribution is -0.117. The molecule has 0 N–H and O–H groups in total. The first-order valence-electron chi connectivity index (χ1n) is 7.35. The van der Waals surface area contributed by atoms with E-state index in [1.807, 2.05) is 25.1 Å². The molecule has 2 rings (SSSR count). The van der Waals surface area contributed by atoms with Crippen molar-refractivity contribution in [1.29, 1.82) is 0 Å². The van der Waals surface area contributed by atoms with Crippen LogP contribution in [0.3, 0.4) is 0 Å². The van der Waals surface area contributed by atoms with E-state index in [0.717, 1.165) is 0 Å². The summed E-state index contributed by atoms with van der Waals surface area (Å²) in [4.78, 5) is 14.1. The molecule has 0 radical (unpaired) electrons. The Morgan fingerprint density at radius 3 is 2.48 bits per heavy atom. The highest BCUT2D eigenvalue weighted by molar-refractivity contribution is 7.92. The molecule has 1 unspecified atom stereocenters. The van der Waals surface area contributed by atoms with Crippen LogP contribution in [0.5, 0.6) is 0 Å². The van der Waals surface area contributed by atoms with Crippen LogP contribution in [0.15, 0.2) is 40.9 Å². The van der Waals surface area contributed by atoms with Crippen molar-refractivity contribution in [2.75, 3.05) is 11.4 Å². The van der Waals surface area contributed by atoms with Gasteiger partial charge in [0.2, 0.25) is 5.91 Å². The maximum absolute atomic E-state index is 12.6. The zero-order chi connectivity index (χ0) is 17.0. The molecule has 0 saturated heterocycles. The van der Waals surface area contributed by atoms with Gasteiger partial charge in [-0.25, -0.2) is 8.42 Å². The maximum Gasteiger partial charge on any atom is 0.245 e. The van der Waals surface area contributed by atoms with Crippen LogP contribution in [0.4, 0.5) is 5.69 Å². The van der Waals surface area contributed by atoms with Crippen LogP contribution in [-0.4, -0.2) is 31.3 Å². The van der Waals surface area contributed by atoms with Crippen molar-refractivity contribution in [3.8, 4) is 0 Å². The van der Waals surface area contributed by atoms with Crippen molar-refractivity contribution in [3.63, 3.8) is 0 Å². The Balaban J connectivity index is 2.20. The smallest absolute Gasteiger partial charge is 0.245 e. The van der Waals surface area contributed by atoms with Crippen molar-refractivity contribution in [2.45, 2.75) is 31.8 Å². The van der Waals surface area contributed by atoms with Gasteiger partial charge in [0.05, 0.1) is 5.69 Å². The average molecular weight is 336 g/mol. The van der Waals surface area contributed by atoms with Crippen LogP contribution in [-0.2, 0) is 20.4 Å². The highest BCUT2D eigenvalue weighted by Crippen LogP contribution is 2.19. The molecule has 1 atom stereocenters. The minimum Gasteiger partial charge on any atom is -0.360 e. The van der Waals surface area contributed by atoms with Gasteiger partial charge in [0.1, 0.15) is 11.0 Å². The molecule has 6 nitrogen and oxygen atoms in total. The van der Waals surface area contributed by atoms with E-state index in [1.165, 1.54) is 11.8 Å². The molecule has 0 aliphatic rings. The molecule has 0 aliphatic heterocycles. The number of sulfone groups is 1. The normalized spacial score (nSPS) is 12.8. The Labute approximate surface area is 136 Å². The van der Waals surface area contributed by atoms with E-state index < -0.39 is 21.0 Å². The number of aryl methyl sites for hydroxylation is 1. The Kier molecular flexibility index (Phi) is 5.20. The molecule has 1 amide bonds. The van der Waals surface area contributed by atoms with Crippen molar-refractivity contribution in [3.05, 3.63) is 47.9 Å². The Hall–Kier alpha value is -2.15. The van der Waals surface area contributed by atoms with Gasteiger partial charge in [0.25, 0.3) is 0 Å². The molecule has 0 spiro atoms. The molecule has 0 fully saturated rings. The first-order chi connectivity index (χ1) is 10.8. The third kappa shape index (κ3) is 3.98. The molecule has 124 valence electrons. The minimum atomic E-state index is -3.69. The van der Waals surface area contributed by atoms with Gasteiger partial charge in [-0.2, -0.15) is 0 Å². The van der Waals surface area contributed by atoms with Crippen LogP contribution >= 0.6 is 0 Å². The molecule has 0 bridgehead atoms. The maximum atomic E-state index is 12.6. The third-order valence-electron chi connectivity index (χ3n) is 3.56. The highest BCUT2D eigenvalue weighted by atomic mass is 32.2. The number of nitrogens with zero attached hydrogens (tertiary/aromatic N) is 2. The monoisotopic (exact) mass is 336 g/mol. The van der Waals surface area contributed by atoms with Crippen LogP contribution in [0.25, 0.3) is 0 Å². The number of rotatable bonds is 6. The molecule has 7 heteroatoms. The van der Waals surface area contributed by atoms with Crippen LogP contribution in [0.1, 0.15) is 25.3 Å². The van der Waals surface area contributed by atoms with Crippen molar-refractivity contribution < 1.29 is 17.7 Å². The second-order valence-corrected chi connectivity index (χ2v) is 7.62. The number of aromatic nitrogens is 1. The largest absolute Gasteiger partial charge is 0.360 e. The fourth-order valence-corrected chi connectivity index (χ4v) is 3.47. The van der Waals surface area contributed by atoms with Gasteiger partial charge >= 0.3 is 0 Å². The Bertz CT molecular complexity index is 768. The summed E-state index contributed by atoms with van der Waals surface area (Å²) in [6, 6.07) is 10.6. The van der Waals surface area contributed by atoms with Crippen LogP contribution in [0, 0.1) is 6.92 Å². The van der Waals surface area contributed by atoms with Crippen LogP contribution < -0.4 is 4.90 Å². The lowest BCUT2D eigenvalue weighted by atomic mass is 10.2. The van der Waals surface area contributed by atoms with Gasteiger partial charge in [-0.15, -0.1) is 0 Å². The van der Waals surface area contributed by atoms with E-state index in [4.69, 9.17) is 4.52 Å². The van der Waals surface area contributed by atoms with E-state index in [1.54, 1.807) is 25.1 Å². The SMILES string of the molecule is CCN(C(=O)C(C)S(=O)(=O)Cc1cc(C)no1)c1ccccc1. The molecular weight excluding hydrogens is 316 g/mol. The van der Waals surface area contributed by atoms with E-state index in [2.05, 4.69) is 5.16 Å². The first kappa shape index (κ1) is 17.2. The van der Waals surface area contributed by atoms with Crippen molar-refractivity contribution in [2.24, 2.45) is 0 Å². The molecule has 2 aromatic rings. The zero-order valence-electron chi connectivity index (χ0n) is 13.4. The second-order valence-electron chi connectivity index (χ2n) is 5.30. The Morgan fingerprint density at radius 1 is 1.30 bits per heavy atom. The number of anilines is 1. The predicted molar refractivity (Wildman–Crippen MR) is 87.8 cm³/mol. The van der Waals surface area contributed by atoms with Gasteiger partial charge in [-0.3, -0.25) is 4.79 Å². The number of carbonyl (C=O) groups excluding carboxylic acids is 1. The first-order valence-corrected chi connectivity index (χ1v) is 9.07. The summed E-state index contributed by atoms with van der Waals surface area (Å²) in [6.45, 7) is 5.32. The standard InChI is InChI=1S/C16H20N2O4S/c1-4-18(14-8-6-5-7-9-14)16(19)13(3)23(20,21)11-15-10-12(2)17-22-15/h5-10,13H,4,11H2,1-3H3. The lowest BCUT2D eigenvalue weighted by Crippen LogP contribution is -2.42. The molecule has 1 aromatic carbocycles. The van der Waals surface area contributed by atoms with E-state index in [0.29, 0.717) is 17.9 Å². The topological polar surface area (TPSA) is 80.5 Å². The highest BCUT2D eigenvalue weighted by Gasteiger charge is 2.32. The van der Waals surface area contributed by atoms with Gasteiger partial charge in [-0.1, -0.05) is 23.4 Å². The van der Waals surface area contributed by atoms with Crippen molar-refractivity contribution >= 4 is 21.4 Å². The summed E-state index contributed by atoms with van der Waals surface area (Å²) in [6.07, 6.45) is 0. The zero-order valence-corrected chi connectivity index (χ0v) is 14.2. The number of carbonyl (C=O) groups is 1. The minimum absolute atomic E-state index is 0.241. The summed E-state index contributed by atoms with van der Waals surface area (Å²) in [7, 11) is -3.69. The Morgan fingerprint density at radius 2 is 1.96 bits per heavy atom. The molecule has 1 aromatic heterocycles. The fourth-order valence-electron chi connectivity index (χ4n) is 2.25. The third-order valence-corrected chi connectivity index (χ3v) is 5.52. The van der Waals surface area contributed by atoms with Gasteiger partial charge < -0.3 is 9.42 Å². The molecule has 0 saturated carbocycles. The van der Waals surface area contributed by atoms with Crippen molar-refractivity contribution in [1.82, 2.24) is 5.16 Å². The summed E-state index contributed by atoms with van der Waals surface area (Å²) in [5.41, 5.74) is 1.28. The number of hydrogen-bond donors (Lipinski definition) is 0. The van der Waals surface area contributed by atoms with Crippen LogP contribution in [0.2, 0.25) is 0 Å². The number of para-hydroxylation sites is 1. The summed E-state index contributed by atoms with van der Waals surface area (Å²) < 4.78 is 29.9. The summed E-state index contributed by atoms with van der Waals surface area (Å²) in [5.74, 6) is -0.549. The summed E-state index contributed by atoms with van der Waals surface area (Å²) in [5, 5.41) is 2.51. The van der Waals surface area contributed by atoms with E-state index in [-0.39, 0.29) is 11.5 Å². The fraction of sp³-hybridized carbons (Fsp3) is 0.375. The second kappa shape index (κ2) is 6.95. The lowest BCUT2D eigenvalue weighted by Gasteiger charge is -2.24. The van der Waals surface area contributed by atoms with Gasteiger partial charge in [-0.05, 0) is 32.9 Å². The quantitative estimate of drug-likeness (QED) is 0.809. The molecule has 0 aliphatic carbocycles. The van der Waals surface area contributed by atoms with Gasteiger partial charge in [0.15, 0.2) is 15.6 Å². The number of hydrogen-bond acceptors (Lipinski definition) is 5. The number of amides is 1. The van der Waals surface area contributed by atoms with E-state index >= 15 is 0 Å². The molecule has 23 heavy (non-hydrogen) atoms. The molecular formula is C16H20N2O4S. The average Bonchev–Trinajstić information content (AvgIpc) is 2.92. The van der Waals surface area contributed by atoms with E-state index in [9.17, 15) is 13.2 Å². The number of benzene rings is 1. The van der Waals surface area contributed by atoms with Gasteiger partial charge in [0, 0.05) is 18.3 Å². The predicted octanol–water partition coefficient (Wildman–Crippen LogP) is 2.34. The summed E-state index contributed by atoms with van der Waals surface area (Å²) >= 11 is 0.